The van der Waals surface area contributed by atoms with Gasteiger partial charge in [0.05, 0.1) is 23.4 Å². The summed E-state index contributed by atoms with van der Waals surface area (Å²) in [5, 5.41) is 0.544. The van der Waals surface area contributed by atoms with Crippen LogP contribution < -0.4 is 4.90 Å². The van der Waals surface area contributed by atoms with Crippen molar-refractivity contribution in [1.82, 2.24) is 0 Å². The van der Waals surface area contributed by atoms with Crippen LogP contribution in [0.15, 0.2) is 48.5 Å². The van der Waals surface area contributed by atoms with Gasteiger partial charge in [-0.25, -0.2) is 0 Å². The molecule has 1 aliphatic heterocycles. The topological polar surface area (TPSA) is 54.5 Å². The predicted octanol–water partition coefficient (Wildman–Crippen LogP) is 3.30. The van der Waals surface area contributed by atoms with Gasteiger partial charge in [-0.05, 0) is 35.4 Å². The van der Waals surface area contributed by atoms with Crippen LogP contribution in [0, 0.1) is 11.8 Å². The Bertz CT molecular complexity index is 936. The van der Waals surface area contributed by atoms with Gasteiger partial charge in [-0.3, -0.25) is 19.3 Å². The van der Waals surface area contributed by atoms with Crippen LogP contribution in [0.3, 0.4) is 0 Å². The summed E-state index contributed by atoms with van der Waals surface area (Å²) < 4.78 is 0. The van der Waals surface area contributed by atoms with Gasteiger partial charge in [-0.15, -0.1) is 0 Å². The van der Waals surface area contributed by atoms with Gasteiger partial charge in [0.15, 0.2) is 0 Å². The SMILES string of the molecule is O=C1C[C@H]2c3ccccc3[C@@H]1[C@H]1C(=O)N(c3ccc(Cl)cc3)C(=O)[C@H]12. The van der Waals surface area contributed by atoms with Crippen molar-refractivity contribution < 1.29 is 14.4 Å². The second kappa shape index (κ2) is 5.02. The number of carbonyl (C=O) groups excluding carboxylic acids is 3. The summed E-state index contributed by atoms with van der Waals surface area (Å²) in [5.74, 6) is -2.12. The molecule has 0 aromatic heterocycles. The fourth-order valence-electron chi connectivity index (χ4n) is 4.80. The number of Topliss-reactive ketones (excluding diaryl/α,β-unsaturated/α-hetero) is 1. The van der Waals surface area contributed by atoms with E-state index in [1.807, 2.05) is 24.3 Å². The highest BCUT2D eigenvalue weighted by molar-refractivity contribution is 6.31. The molecule has 2 amide bonds. The minimum Gasteiger partial charge on any atom is -0.299 e. The Hall–Kier alpha value is -2.46. The molecule has 25 heavy (non-hydrogen) atoms. The third kappa shape index (κ3) is 1.86. The lowest BCUT2D eigenvalue weighted by Gasteiger charge is -2.43. The van der Waals surface area contributed by atoms with E-state index in [9.17, 15) is 14.4 Å². The number of carbonyl (C=O) groups is 3. The highest BCUT2D eigenvalue weighted by Gasteiger charge is 2.62. The summed E-state index contributed by atoms with van der Waals surface area (Å²) >= 11 is 5.92. The lowest BCUT2D eigenvalue weighted by Crippen LogP contribution is -2.44. The second-order valence-electron chi connectivity index (χ2n) is 6.92. The summed E-state index contributed by atoms with van der Waals surface area (Å²) in [7, 11) is 0. The van der Waals surface area contributed by atoms with Crippen molar-refractivity contribution in [3.63, 3.8) is 0 Å². The number of anilines is 1. The summed E-state index contributed by atoms with van der Waals surface area (Å²) in [6.45, 7) is 0. The normalized spacial score (nSPS) is 29.8. The molecule has 124 valence electrons. The van der Waals surface area contributed by atoms with Gasteiger partial charge in [0.1, 0.15) is 5.78 Å². The van der Waals surface area contributed by atoms with Gasteiger partial charge in [0, 0.05) is 17.4 Å². The van der Waals surface area contributed by atoms with Crippen LogP contribution in [-0.4, -0.2) is 17.6 Å². The van der Waals surface area contributed by atoms with Crippen molar-refractivity contribution in [3.8, 4) is 0 Å². The lowest BCUT2D eigenvalue weighted by atomic mass is 9.56. The fourth-order valence-corrected chi connectivity index (χ4v) is 4.93. The highest BCUT2D eigenvalue weighted by atomic mass is 35.5. The number of halogens is 1. The van der Waals surface area contributed by atoms with Crippen LogP contribution in [0.1, 0.15) is 29.4 Å². The third-order valence-electron chi connectivity index (χ3n) is 5.77. The maximum Gasteiger partial charge on any atom is 0.238 e. The van der Waals surface area contributed by atoms with Crippen molar-refractivity contribution in [2.75, 3.05) is 4.90 Å². The largest absolute Gasteiger partial charge is 0.299 e. The molecule has 4 atom stereocenters. The molecule has 2 bridgehead atoms. The van der Waals surface area contributed by atoms with E-state index in [1.165, 1.54) is 4.90 Å². The number of amides is 2. The molecule has 3 aliphatic carbocycles. The molecule has 4 aliphatic rings. The van der Waals surface area contributed by atoms with Crippen molar-refractivity contribution in [2.24, 2.45) is 11.8 Å². The summed E-state index contributed by atoms with van der Waals surface area (Å²) in [6.07, 6.45) is 0.344. The highest BCUT2D eigenvalue weighted by Crippen LogP contribution is 2.57. The molecule has 2 aromatic rings. The van der Waals surface area contributed by atoms with Gasteiger partial charge in [-0.2, -0.15) is 0 Å². The second-order valence-corrected chi connectivity index (χ2v) is 7.36. The zero-order chi connectivity index (χ0) is 17.3. The Labute approximate surface area is 149 Å². The smallest absolute Gasteiger partial charge is 0.238 e. The van der Waals surface area contributed by atoms with Crippen LogP contribution in [-0.2, 0) is 14.4 Å². The number of nitrogens with zero attached hydrogens (tertiary/aromatic N) is 1. The van der Waals surface area contributed by atoms with E-state index in [4.69, 9.17) is 11.6 Å². The molecule has 5 heteroatoms. The molecule has 1 heterocycles. The van der Waals surface area contributed by atoms with Crippen molar-refractivity contribution >= 4 is 34.9 Å². The maximum absolute atomic E-state index is 13.1. The quantitative estimate of drug-likeness (QED) is 0.741. The summed E-state index contributed by atoms with van der Waals surface area (Å²) in [6, 6.07) is 14.4. The third-order valence-corrected chi connectivity index (χ3v) is 6.03. The number of imide groups is 1. The fraction of sp³-hybridized carbons (Fsp3) is 0.250. The molecule has 2 fully saturated rings. The van der Waals surface area contributed by atoms with Gasteiger partial charge in [-0.1, -0.05) is 35.9 Å². The van der Waals surface area contributed by atoms with Gasteiger partial charge < -0.3 is 0 Å². The molecule has 1 saturated carbocycles. The Morgan fingerprint density at radius 1 is 0.840 bits per heavy atom. The summed E-state index contributed by atoms with van der Waals surface area (Å²) in [5.41, 5.74) is 2.49. The van der Waals surface area contributed by atoms with E-state index in [0.29, 0.717) is 17.1 Å². The van der Waals surface area contributed by atoms with Crippen LogP contribution in [0.5, 0.6) is 0 Å². The molecule has 6 rings (SSSR count). The first-order chi connectivity index (χ1) is 12.1. The van der Waals surface area contributed by atoms with E-state index >= 15 is 0 Å². The van der Waals surface area contributed by atoms with E-state index in [1.54, 1.807) is 24.3 Å². The van der Waals surface area contributed by atoms with Gasteiger partial charge in [0.2, 0.25) is 11.8 Å². The molecule has 1 saturated heterocycles. The Morgan fingerprint density at radius 2 is 1.48 bits per heavy atom. The first kappa shape index (κ1) is 14.8. The van der Waals surface area contributed by atoms with E-state index < -0.39 is 17.8 Å². The lowest BCUT2D eigenvalue weighted by molar-refractivity contribution is -0.134. The van der Waals surface area contributed by atoms with Crippen molar-refractivity contribution in [1.29, 1.82) is 0 Å². The number of hydrogen-bond donors (Lipinski definition) is 0. The molecule has 0 spiro atoms. The molecular weight excluding hydrogens is 338 g/mol. The molecule has 2 aromatic carbocycles. The minimum absolute atomic E-state index is 0.0732. The van der Waals surface area contributed by atoms with E-state index in [2.05, 4.69) is 0 Å². The van der Waals surface area contributed by atoms with Crippen LogP contribution in [0.25, 0.3) is 0 Å². The average Bonchev–Trinajstić information content (AvgIpc) is 2.88. The summed E-state index contributed by atoms with van der Waals surface area (Å²) in [4.78, 5) is 40.1. The van der Waals surface area contributed by atoms with E-state index in [-0.39, 0.29) is 23.5 Å². The number of benzene rings is 2. The minimum atomic E-state index is -0.579. The Morgan fingerprint density at radius 3 is 2.20 bits per heavy atom. The van der Waals surface area contributed by atoms with Gasteiger partial charge in [0.25, 0.3) is 0 Å². The number of rotatable bonds is 1. The van der Waals surface area contributed by atoms with Gasteiger partial charge >= 0.3 is 0 Å². The van der Waals surface area contributed by atoms with Crippen LogP contribution in [0.2, 0.25) is 5.02 Å². The molecule has 0 N–H and O–H groups in total. The molecule has 0 radical (unpaired) electrons. The maximum atomic E-state index is 13.1. The van der Waals surface area contributed by atoms with Crippen LogP contribution in [0.4, 0.5) is 5.69 Å². The zero-order valence-electron chi connectivity index (χ0n) is 13.2. The first-order valence-corrected chi connectivity index (χ1v) is 8.70. The molecule has 0 unspecified atom stereocenters. The monoisotopic (exact) mass is 351 g/mol. The molecule has 4 nitrogen and oxygen atoms in total. The Kier molecular flexibility index (Phi) is 2.98. The van der Waals surface area contributed by atoms with E-state index in [0.717, 1.165) is 11.1 Å². The zero-order valence-corrected chi connectivity index (χ0v) is 13.9. The average molecular weight is 352 g/mol. The van der Waals surface area contributed by atoms with Crippen molar-refractivity contribution in [2.45, 2.75) is 18.3 Å². The first-order valence-electron chi connectivity index (χ1n) is 8.33. The number of fused-ring (bicyclic) bond motifs is 1. The number of ketones is 1. The predicted molar refractivity (Wildman–Crippen MR) is 92.5 cm³/mol. The molecular formula is C20H14ClNO3. The van der Waals surface area contributed by atoms with Crippen molar-refractivity contribution in [3.05, 3.63) is 64.7 Å². The standard InChI is InChI=1S/C20H14ClNO3/c21-10-5-7-11(8-6-10)22-19(24)17-14-9-15(23)16(18(17)20(22)25)13-4-2-1-3-12(13)14/h1-8,14,16-18H,9H2/t14-,16-,17-,18+/m0/s1. The Balaban J connectivity index is 1.65. The van der Waals surface area contributed by atoms with Crippen LogP contribution >= 0.6 is 11.6 Å². The number of hydrogen-bond acceptors (Lipinski definition) is 3.